The SMILES string of the molecule is NC(=O)C1CCN(C(=O)C2COCCC23CCN(C(=O)c2ccncc2)CC3)CC1. The average molecular weight is 415 g/mol. The van der Waals surface area contributed by atoms with Gasteiger partial charge >= 0.3 is 0 Å². The number of amides is 3. The molecule has 8 heteroatoms. The molecule has 0 saturated carbocycles. The number of pyridine rings is 1. The molecule has 3 amide bonds. The molecule has 3 fully saturated rings. The number of hydrogen-bond donors (Lipinski definition) is 1. The number of hydrogen-bond acceptors (Lipinski definition) is 5. The van der Waals surface area contributed by atoms with Crippen molar-refractivity contribution in [3.05, 3.63) is 30.1 Å². The zero-order valence-electron chi connectivity index (χ0n) is 17.3. The maximum Gasteiger partial charge on any atom is 0.253 e. The molecule has 0 bridgehead atoms. The van der Waals surface area contributed by atoms with Gasteiger partial charge in [-0.3, -0.25) is 19.4 Å². The quantitative estimate of drug-likeness (QED) is 0.796. The van der Waals surface area contributed by atoms with Crippen LogP contribution < -0.4 is 5.73 Å². The summed E-state index contributed by atoms with van der Waals surface area (Å²) in [6.45, 7) is 3.54. The lowest BCUT2D eigenvalue weighted by molar-refractivity contribution is -0.155. The molecular weight excluding hydrogens is 384 g/mol. The van der Waals surface area contributed by atoms with Gasteiger partial charge in [0.1, 0.15) is 0 Å². The van der Waals surface area contributed by atoms with Crippen molar-refractivity contribution in [3.8, 4) is 0 Å². The van der Waals surface area contributed by atoms with Crippen molar-refractivity contribution in [1.29, 1.82) is 0 Å². The summed E-state index contributed by atoms with van der Waals surface area (Å²) in [5.41, 5.74) is 5.96. The van der Waals surface area contributed by atoms with Crippen LogP contribution in [-0.4, -0.2) is 71.9 Å². The second-order valence-corrected chi connectivity index (χ2v) is 8.77. The fourth-order valence-electron chi connectivity index (χ4n) is 5.20. The maximum atomic E-state index is 13.4. The van der Waals surface area contributed by atoms with E-state index in [1.165, 1.54) is 0 Å². The topological polar surface area (TPSA) is 106 Å². The minimum absolute atomic E-state index is 0.0238. The molecule has 30 heavy (non-hydrogen) atoms. The van der Waals surface area contributed by atoms with E-state index in [-0.39, 0.29) is 35.0 Å². The van der Waals surface area contributed by atoms with Crippen LogP contribution in [0.15, 0.2) is 24.5 Å². The Balaban J connectivity index is 1.41. The van der Waals surface area contributed by atoms with Crippen molar-refractivity contribution in [2.24, 2.45) is 23.0 Å². The van der Waals surface area contributed by atoms with Gasteiger partial charge in [-0.1, -0.05) is 0 Å². The van der Waals surface area contributed by atoms with Crippen molar-refractivity contribution < 1.29 is 19.1 Å². The lowest BCUT2D eigenvalue weighted by Crippen LogP contribution is -2.55. The van der Waals surface area contributed by atoms with Crippen molar-refractivity contribution in [3.63, 3.8) is 0 Å². The van der Waals surface area contributed by atoms with Gasteiger partial charge in [-0.15, -0.1) is 0 Å². The van der Waals surface area contributed by atoms with Crippen molar-refractivity contribution in [2.45, 2.75) is 32.1 Å². The number of carbonyl (C=O) groups excluding carboxylic acids is 3. The highest BCUT2D eigenvalue weighted by atomic mass is 16.5. The molecule has 1 aromatic rings. The number of nitrogens with zero attached hydrogens (tertiary/aromatic N) is 3. The molecule has 3 aliphatic rings. The van der Waals surface area contributed by atoms with Gasteiger partial charge < -0.3 is 20.3 Å². The molecule has 3 saturated heterocycles. The van der Waals surface area contributed by atoms with Gasteiger partial charge in [-0.2, -0.15) is 0 Å². The smallest absolute Gasteiger partial charge is 0.253 e. The van der Waals surface area contributed by atoms with E-state index < -0.39 is 0 Å². The zero-order chi connectivity index (χ0) is 21.1. The third-order valence-electron chi connectivity index (χ3n) is 7.25. The van der Waals surface area contributed by atoms with E-state index in [9.17, 15) is 14.4 Å². The van der Waals surface area contributed by atoms with Gasteiger partial charge in [-0.05, 0) is 49.7 Å². The lowest BCUT2D eigenvalue weighted by Gasteiger charge is -2.49. The molecule has 0 aliphatic carbocycles. The summed E-state index contributed by atoms with van der Waals surface area (Å²) in [6.07, 6.45) is 6.99. The third kappa shape index (κ3) is 4.05. The monoisotopic (exact) mass is 414 g/mol. The van der Waals surface area contributed by atoms with E-state index in [0.29, 0.717) is 57.8 Å². The molecule has 8 nitrogen and oxygen atoms in total. The molecule has 1 spiro atoms. The van der Waals surface area contributed by atoms with E-state index in [2.05, 4.69) is 4.98 Å². The molecule has 0 aromatic carbocycles. The Labute approximate surface area is 176 Å². The van der Waals surface area contributed by atoms with Gasteiger partial charge in [0.05, 0.1) is 12.5 Å². The standard InChI is InChI=1S/C22H30N4O4/c23-19(27)16-3-10-25(11-4-16)21(29)18-15-30-14-7-22(18)5-12-26(13-6-22)20(28)17-1-8-24-9-2-17/h1-2,8-9,16,18H,3-7,10-15H2,(H2,23,27). The van der Waals surface area contributed by atoms with Gasteiger partial charge in [0.25, 0.3) is 5.91 Å². The molecule has 3 aliphatic heterocycles. The Hall–Kier alpha value is -2.48. The Kier molecular flexibility index (Phi) is 6.04. The summed E-state index contributed by atoms with van der Waals surface area (Å²) in [5, 5.41) is 0. The summed E-state index contributed by atoms with van der Waals surface area (Å²) < 4.78 is 5.72. The Bertz CT molecular complexity index is 784. The summed E-state index contributed by atoms with van der Waals surface area (Å²) in [6, 6.07) is 3.48. The van der Waals surface area contributed by atoms with Crippen LogP contribution in [0.25, 0.3) is 0 Å². The van der Waals surface area contributed by atoms with Crippen LogP contribution in [0.3, 0.4) is 0 Å². The fourth-order valence-corrected chi connectivity index (χ4v) is 5.20. The average Bonchev–Trinajstić information content (AvgIpc) is 2.80. The van der Waals surface area contributed by atoms with Crippen LogP contribution in [0, 0.1) is 17.3 Å². The van der Waals surface area contributed by atoms with E-state index >= 15 is 0 Å². The first-order valence-corrected chi connectivity index (χ1v) is 10.9. The van der Waals surface area contributed by atoms with Gasteiger partial charge in [-0.25, -0.2) is 0 Å². The van der Waals surface area contributed by atoms with E-state index in [4.69, 9.17) is 10.5 Å². The minimum atomic E-state index is -0.272. The number of primary amides is 1. The second kappa shape index (κ2) is 8.71. The van der Waals surface area contributed by atoms with Crippen LogP contribution >= 0.6 is 0 Å². The molecule has 2 N–H and O–H groups in total. The highest BCUT2D eigenvalue weighted by Crippen LogP contribution is 2.46. The highest BCUT2D eigenvalue weighted by molar-refractivity contribution is 5.94. The summed E-state index contributed by atoms with van der Waals surface area (Å²) in [4.78, 5) is 45.3. The lowest BCUT2D eigenvalue weighted by atomic mass is 9.65. The molecule has 1 aromatic heterocycles. The molecule has 1 atom stereocenters. The fraction of sp³-hybridized carbons (Fsp3) is 0.636. The van der Waals surface area contributed by atoms with Crippen molar-refractivity contribution in [1.82, 2.24) is 14.8 Å². The van der Waals surface area contributed by atoms with Gasteiger partial charge in [0, 0.05) is 56.7 Å². The zero-order valence-corrected chi connectivity index (χ0v) is 17.3. The van der Waals surface area contributed by atoms with Gasteiger partial charge in [0.2, 0.25) is 11.8 Å². The minimum Gasteiger partial charge on any atom is -0.381 e. The number of piperidine rings is 2. The number of rotatable bonds is 3. The Morgan fingerprint density at radius 1 is 1.00 bits per heavy atom. The predicted octanol–water partition coefficient (Wildman–Crippen LogP) is 1.06. The van der Waals surface area contributed by atoms with Crippen LogP contribution in [0.1, 0.15) is 42.5 Å². The summed E-state index contributed by atoms with van der Waals surface area (Å²) in [7, 11) is 0. The van der Waals surface area contributed by atoms with Crippen LogP contribution in [0.4, 0.5) is 0 Å². The normalized spacial score (nSPS) is 24.6. The highest BCUT2D eigenvalue weighted by Gasteiger charge is 2.48. The number of carbonyl (C=O) groups is 3. The van der Waals surface area contributed by atoms with Gasteiger partial charge in [0.15, 0.2) is 0 Å². The third-order valence-corrected chi connectivity index (χ3v) is 7.25. The first-order valence-electron chi connectivity index (χ1n) is 10.9. The molecule has 0 radical (unpaired) electrons. The van der Waals surface area contributed by atoms with Crippen LogP contribution in [-0.2, 0) is 14.3 Å². The second-order valence-electron chi connectivity index (χ2n) is 8.77. The van der Waals surface area contributed by atoms with E-state index in [1.807, 2.05) is 9.80 Å². The van der Waals surface area contributed by atoms with Crippen LogP contribution in [0.5, 0.6) is 0 Å². The number of nitrogens with two attached hydrogens (primary N) is 1. The summed E-state index contributed by atoms with van der Waals surface area (Å²) >= 11 is 0. The van der Waals surface area contributed by atoms with Crippen LogP contribution in [0.2, 0.25) is 0 Å². The number of likely N-dealkylation sites (tertiary alicyclic amines) is 2. The van der Waals surface area contributed by atoms with E-state index in [1.54, 1.807) is 24.5 Å². The predicted molar refractivity (Wildman–Crippen MR) is 109 cm³/mol. The molecular formula is C22H30N4O4. The molecule has 4 heterocycles. The molecule has 162 valence electrons. The molecule has 1 unspecified atom stereocenters. The maximum absolute atomic E-state index is 13.4. The Morgan fingerprint density at radius 2 is 1.67 bits per heavy atom. The first kappa shape index (κ1) is 20.8. The van der Waals surface area contributed by atoms with Crippen molar-refractivity contribution >= 4 is 17.7 Å². The Morgan fingerprint density at radius 3 is 2.30 bits per heavy atom. The summed E-state index contributed by atoms with van der Waals surface area (Å²) in [5.74, 6) is -0.435. The number of ether oxygens (including phenoxy) is 1. The molecule has 4 rings (SSSR count). The largest absolute Gasteiger partial charge is 0.381 e. The van der Waals surface area contributed by atoms with Crippen molar-refractivity contribution in [2.75, 3.05) is 39.4 Å². The van der Waals surface area contributed by atoms with E-state index in [0.717, 1.165) is 19.3 Å². The first-order chi connectivity index (χ1) is 14.5. The number of aromatic nitrogens is 1.